The quantitative estimate of drug-likeness (QED) is 0.834. The van der Waals surface area contributed by atoms with Crippen LogP contribution in [0, 0.1) is 11.8 Å². The van der Waals surface area contributed by atoms with Crippen LogP contribution >= 0.6 is 24.8 Å². The summed E-state index contributed by atoms with van der Waals surface area (Å²) in [7, 11) is 0. The number of nitrogens with two attached hydrogens (primary N) is 1. The molecule has 142 valence electrons. The van der Waals surface area contributed by atoms with Crippen LogP contribution in [-0.2, 0) is 0 Å². The van der Waals surface area contributed by atoms with Crippen molar-refractivity contribution in [3.63, 3.8) is 0 Å². The van der Waals surface area contributed by atoms with Gasteiger partial charge in [-0.2, -0.15) is 0 Å². The molecule has 2 aliphatic rings. The SMILES string of the molecule is Cl.Cl.NC1CC2CCCC(C1)C2NC(=O)c1cncn1-c1ccccc1. The van der Waals surface area contributed by atoms with Gasteiger partial charge < -0.3 is 11.1 Å². The van der Waals surface area contributed by atoms with E-state index in [0.717, 1.165) is 18.5 Å². The Labute approximate surface area is 166 Å². The summed E-state index contributed by atoms with van der Waals surface area (Å²) >= 11 is 0. The van der Waals surface area contributed by atoms with Crippen LogP contribution in [0.15, 0.2) is 42.9 Å². The topological polar surface area (TPSA) is 72.9 Å². The predicted octanol–water partition coefficient (Wildman–Crippen LogP) is 3.35. The van der Waals surface area contributed by atoms with Crippen LogP contribution in [0.2, 0.25) is 0 Å². The Morgan fingerprint density at radius 1 is 1.12 bits per heavy atom. The molecular formula is C19H26Cl2N4O. The average Bonchev–Trinajstić information content (AvgIpc) is 3.06. The molecular weight excluding hydrogens is 371 g/mol. The highest BCUT2D eigenvalue weighted by Gasteiger charge is 2.40. The van der Waals surface area contributed by atoms with Gasteiger partial charge in [-0.15, -0.1) is 24.8 Å². The first-order valence-electron chi connectivity index (χ1n) is 8.86. The first-order valence-corrected chi connectivity index (χ1v) is 8.86. The minimum absolute atomic E-state index is 0. The molecule has 2 saturated carbocycles. The lowest BCUT2D eigenvalue weighted by molar-refractivity contribution is 0.0750. The van der Waals surface area contributed by atoms with Crippen LogP contribution in [0.3, 0.4) is 0 Å². The minimum Gasteiger partial charge on any atom is -0.347 e. The van der Waals surface area contributed by atoms with Gasteiger partial charge in [-0.1, -0.05) is 24.6 Å². The largest absolute Gasteiger partial charge is 0.347 e. The van der Waals surface area contributed by atoms with Crippen LogP contribution < -0.4 is 11.1 Å². The molecule has 2 aromatic rings. The number of para-hydroxylation sites is 1. The van der Waals surface area contributed by atoms with Gasteiger partial charge in [-0.05, 0) is 49.7 Å². The Morgan fingerprint density at radius 2 is 1.77 bits per heavy atom. The standard InChI is InChI=1S/C19H24N4O.2ClH/c20-15-9-13-5-4-6-14(10-15)18(13)22-19(24)17-11-21-12-23(17)16-7-2-1-3-8-16;;/h1-3,7-8,11-15,18H,4-6,9-10,20H2,(H,22,24);2*1H. The van der Waals surface area contributed by atoms with E-state index >= 15 is 0 Å². The molecule has 3 N–H and O–H groups in total. The summed E-state index contributed by atoms with van der Waals surface area (Å²) in [6.07, 6.45) is 9.00. The van der Waals surface area contributed by atoms with Crippen molar-refractivity contribution < 1.29 is 4.79 Å². The number of amides is 1. The maximum Gasteiger partial charge on any atom is 0.270 e. The molecule has 1 aromatic carbocycles. The summed E-state index contributed by atoms with van der Waals surface area (Å²) in [6.45, 7) is 0. The molecule has 5 nitrogen and oxygen atoms in total. The lowest BCUT2D eigenvalue weighted by Crippen LogP contribution is -2.53. The van der Waals surface area contributed by atoms with Crippen LogP contribution in [0.25, 0.3) is 5.69 Å². The lowest BCUT2D eigenvalue weighted by atomic mass is 9.67. The molecule has 1 amide bonds. The number of nitrogens with one attached hydrogen (secondary N) is 1. The third-order valence-electron chi connectivity index (χ3n) is 5.58. The molecule has 2 aliphatic carbocycles. The molecule has 26 heavy (non-hydrogen) atoms. The van der Waals surface area contributed by atoms with Crippen molar-refractivity contribution in [2.45, 2.75) is 44.2 Å². The van der Waals surface area contributed by atoms with Gasteiger partial charge in [0, 0.05) is 17.8 Å². The summed E-state index contributed by atoms with van der Waals surface area (Å²) in [4.78, 5) is 17.1. The molecule has 1 heterocycles. The van der Waals surface area contributed by atoms with E-state index < -0.39 is 0 Å². The number of imidazole rings is 1. The molecule has 2 atom stereocenters. The fraction of sp³-hybridized carbons (Fsp3) is 0.474. The molecule has 4 rings (SSSR count). The summed E-state index contributed by atoms with van der Waals surface area (Å²) in [6, 6.07) is 10.4. The van der Waals surface area contributed by atoms with Gasteiger partial charge in [0.25, 0.3) is 5.91 Å². The van der Waals surface area contributed by atoms with E-state index in [1.54, 1.807) is 12.5 Å². The normalized spacial score (nSPS) is 27.0. The first kappa shape index (κ1) is 20.7. The molecule has 1 aromatic heterocycles. The van der Waals surface area contributed by atoms with E-state index in [2.05, 4.69) is 10.3 Å². The molecule has 0 radical (unpaired) electrons. The third kappa shape index (κ3) is 4.05. The van der Waals surface area contributed by atoms with Crippen molar-refractivity contribution in [3.8, 4) is 5.69 Å². The third-order valence-corrected chi connectivity index (χ3v) is 5.58. The molecule has 0 spiro atoms. The van der Waals surface area contributed by atoms with E-state index in [0.29, 0.717) is 23.6 Å². The van der Waals surface area contributed by atoms with Gasteiger partial charge in [0.1, 0.15) is 5.69 Å². The van der Waals surface area contributed by atoms with Crippen LogP contribution in [0.1, 0.15) is 42.6 Å². The van der Waals surface area contributed by atoms with Crippen LogP contribution in [0.5, 0.6) is 0 Å². The second-order valence-electron chi connectivity index (χ2n) is 7.17. The highest BCUT2D eigenvalue weighted by Crippen LogP contribution is 2.39. The zero-order valence-corrected chi connectivity index (χ0v) is 16.2. The summed E-state index contributed by atoms with van der Waals surface area (Å²) in [5.41, 5.74) is 7.73. The van der Waals surface area contributed by atoms with Crippen LogP contribution in [-0.4, -0.2) is 27.5 Å². The molecule has 2 bridgehead atoms. The van der Waals surface area contributed by atoms with E-state index in [1.807, 2.05) is 34.9 Å². The molecule has 7 heteroatoms. The monoisotopic (exact) mass is 396 g/mol. The summed E-state index contributed by atoms with van der Waals surface area (Å²) in [5.74, 6) is 1.00. The first-order chi connectivity index (χ1) is 11.7. The lowest BCUT2D eigenvalue weighted by Gasteiger charge is -2.45. The Bertz CT molecular complexity index is 707. The number of fused-ring (bicyclic) bond motifs is 2. The smallest absolute Gasteiger partial charge is 0.270 e. The van der Waals surface area contributed by atoms with E-state index in [-0.39, 0.29) is 36.8 Å². The van der Waals surface area contributed by atoms with E-state index in [4.69, 9.17) is 5.73 Å². The van der Waals surface area contributed by atoms with E-state index in [1.165, 1.54) is 19.3 Å². The number of halogens is 2. The van der Waals surface area contributed by atoms with Crippen LogP contribution in [0.4, 0.5) is 0 Å². The fourth-order valence-corrected chi connectivity index (χ4v) is 4.51. The Balaban J connectivity index is 0.00000121. The van der Waals surface area contributed by atoms with Gasteiger partial charge in [0.15, 0.2) is 0 Å². The van der Waals surface area contributed by atoms with Gasteiger partial charge in [-0.3, -0.25) is 9.36 Å². The number of benzene rings is 1. The number of hydrogen-bond acceptors (Lipinski definition) is 3. The number of carbonyl (C=O) groups is 1. The Kier molecular flexibility index (Phi) is 7.09. The van der Waals surface area contributed by atoms with Crippen molar-refractivity contribution in [2.24, 2.45) is 17.6 Å². The average molecular weight is 397 g/mol. The number of nitrogens with zero attached hydrogens (tertiary/aromatic N) is 2. The molecule has 2 unspecified atom stereocenters. The van der Waals surface area contributed by atoms with E-state index in [9.17, 15) is 4.79 Å². The van der Waals surface area contributed by atoms with Gasteiger partial charge >= 0.3 is 0 Å². The Morgan fingerprint density at radius 3 is 2.42 bits per heavy atom. The summed E-state index contributed by atoms with van der Waals surface area (Å²) in [5, 5.41) is 3.30. The maximum absolute atomic E-state index is 12.9. The highest BCUT2D eigenvalue weighted by molar-refractivity contribution is 5.93. The molecule has 0 saturated heterocycles. The number of rotatable bonds is 3. The fourth-order valence-electron chi connectivity index (χ4n) is 4.51. The predicted molar refractivity (Wildman–Crippen MR) is 107 cm³/mol. The molecule has 0 aliphatic heterocycles. The number of aromatic nitrogens is 2. The minimum atomic E-state index is -0.0336. The summed E-state index contributed by atoms with van der Waals surface area (Å²) < 4.78 is 1.85. The zero-order valence-electron chi connectivity index (χ0n) is 14.6. The maximum atomic E-state index is 12.9. The van der Waals surface area contributed by atoms with Crippen molar-refractivity contribution in [1.29, 1.82) is 0 Å². The second-order valence-corrected chi connectivity index (χ2v) is 7.17. The Hall–Kier alpha value is -1.56. The van der Waals surface area contributed by atoms with Crippen molar-refractivity contribution in [3.05, 3.63) is 48.5 Å². The van der Waals surface area contributed by atoms with Gasteiger partial charge in [-0.25, -0.2) is 4.98 Å². The van der Waals surface area contributed by atoms with Crippen molar-refractivity contribution in [2.75, 3.05) is 0 Å². The van der Waals surface area contributed by atoms with Gasteiger partial charge in [0.05, 0.1) is 12.5 Å². The zero-order chi connectivity index (χ0) is 16.5. The molecule has 2 fully saturated rings. The number of carbonyl (C=O) groups excluding carboxylic acids is 1. The second kappa shape index (κ2) is 8.89. The van der Waals surface area contributed by atoms with Crippen molar-refractivity contribution in [1.82, 2.24) is 14.9 Å². The van der Waals surface area contributed by atoms with Gasteiger partial charge in [0.2, 0.25) is 0 Å². The number of hydrogen-bond donors (Lipinski definition) is 2. The van der Waals surface area contributed by atoms with Crippen molar-refractivity contribution >= 4 is 30.7 Å². The highest BCUT2D eigenvalue weighted by atomic mass is 35.5.